The van der Waals surface area contributed by atoms with E-state index in [2.05, 4.69) is 22.0 Å². The molecule has 126 valence electrons. The van der Waals surface area contributed by atoms with Gasteiger partial charge >= 0.3 is 0 Å². The Hall–Kier alpha value is -0.770. The molecule has 0 aromatic rings. The minimum absolute atomic E-state index is 0.654. The van der Waals surface area contributed by atoms with Crippen LogP contribution in [0.2, 0.25) is 0 Å². The molecule has 0 unspecified atom stereocenters. The maximum atomic E-state index is 4.93. The summed E-state index contributed by atoms with van der Waals surface area (Å²) in [5.41, 5.74) is 0.654. The van der Waals surface area contributed by atoms with Gasteiger partial charge in [0, 0.05) is 26.2 Å². The molecule has 0 atom stereocenters. The van der Waals surface area contributed by atoms with Crippen LogP contribution in [-0.2, 0) is 0 Å². The lowest BCUT2D eigenvalue weighted by Crippen LogP contribution is -2.43. The second-order valence-corrected chi connectivity index (χ2v) is 7.52. The maximum absolute atomic E-state index is 4.93. The van der Waals surface area contributed by atoms with Crippen molar-refractivity contribution >= 4 is 5.96 Å². The van der Waals surface area contributed by atoms with Crippen LogP contribution in [0.5, 0.6) is 0 Å². The van der Waals surface area contributed by atoms with Gasteiger partial charge in [-0.2, -0.15) is 0 Å². The van der Waals surface area contributed by atoms with E-state index in [9.17, 15) is 0 Å². The fourth-order valence-corrected chi connectivity index (χ4v) is 4.28. The van der Waals surface area contributed by atoms with E-state index in [0.29, 0.717) is 5.41 Å². The molecule has 0 amide bonds. The molecule has 0 radical (unpaired) electrons. The summed E-state index contributed by atoms with van der Waals surface area (Å²) in [5.74, 6) is 1.17. The maximum Gasteiger partial charge on any atom is 0.193 e. The standard InChI is InChI=1S/C18H34N4/c1-2-19-17(22-14-10-18(16-22)8-7-9-18)20-11-15-21-12-5-3-4-6-13-21/h2-16H2,1H3,(H,19,20). The first-order chi connectivity index (χ1) is 10.8. The molecule has 0 aromatic heterocycles. The van der Waals surface area contributed by atoms with Gasteiger partial charge in [0.2, 0.25) is 0 Å². The minimum atomic E-state index is 0.654. The van der Waals surface area contributed by atoms with Crippen LogP contribution in [0.25, 0.3) is 0 Å². The van der Waals surface area contributed by atoms with Crippen molar-refractivity contribution in [2.45, 2.75) is 58.3 Å². The van der Waals surface area contributed by atoms with Gasteiger partial charge < -0.3 is 15.1 Å². The van der Waals surface area contributed by atoms with Crippen LogP contribution in [0.3, 0.4) is 0 Å². The molecule has 3 rings (SSSR count). The van der Waals surface area contributed by atoms with E-state index in [4.69, 9.17) is 4.99 Å². The Bertz CT molecular complexity index is 367. The van der Waals surface area contributed by atoms with Gasteiger partial charge in [-0.3, -0.25) is 4.99 Å². The lowest BCUT2D eigenvalue weighted by molar-refractivity contribution is 0.151. The number of guanidine groups is 1. The molecule has 0 bridgehead atoms. The Morgan fingerprint density at radius 2 is 1.77 bits per heavy atom. The Morgan fingerprint density at radius 3 is 2.36 bits per heavy atom. The summed E-state index contributed by atoms with van der Waals surface area (Å²) in [6.45, 7) is 10.2. The highest BCUT2D eigenvalue weighted by atomic mass is 15.3. The highest BCUT2D eigenvalue weighted by Crippen LogP contribution is 2.47. The average Bonchev–Trinajstić information content (AvgIpc) is 2.79. The third-order valence-corrected chi connectivity index (χ3v) is 5.86. The number of likely N-dealkylation sites (tertiary alicyclic amines) is 2. The highest BCUT2D eigenvalue weighted by Gasteiger charge is 2.43. The molecule has 2 aliphatic heterocycles. The predicted molar refractivity (Wildman–Crippen MR) is 93.4 cm³/mol. The summed E-state index contributed by atoms with van der Waals surface area (Å²) in [7, 11) is 0. The van der Waals surface area contributed by atoms with Gasteiger partial charge in [-0.25, -0.2) is 0 Å². The smallest absolute Gasteiger partial charge is 0.193 e. The van der Waals surface area contributed by atoms with Crippen LogP contribution >= 0.6 is 0 Å². The van der Waals surface area contributed by atoms with E-state index in [1.165, 1.54) is 83.5 Å². The van der Waals surface area contributed by atoms with E-state index >= 15 is 0 Å². The van der Waals surface area contributed by atoms with E-state index < -0.39 is 0 Å². The molecule has 2 heterocycles. The average molecular weight is 306 g/mol. The van der Waals surface area contributed by atoms with E-state index in [-0.39, 0.29) is 0 Å². The monoisotopic (exact) mass is 306 g/mol. The summed E-state index contributed by atoms with van der Waals surface area (Å²) >= 11 is 0. The van der Waals surface area contributed by atoms with Gasteiger partial charge in [-0.15, -0.1) is 0 Å². The quantitative estimate of drug-likeness (QED) is 0.640. The van der Waals surface area contributed by atoms with Crippen molar-refractivity contribution in [3.63, 3.8) is 0 Å². The number of aliphatic imine (C=N–C) groups is 1. The summed E-state index contributed by atoms with van der Waals surface area (Å²) in [4.78, 5) is 10.1. The molecule has 3 aliphatic rings. The molecule has 22 heavy (non-hydrogen) atoms. The molecule has 0 aromatic carbocycles. The number of nitrogens with one attached hydrogen (secondary N) is 1. The van der Waals surface area contributed by atoms with Crippen LogP contribution in [0.1, 0.15) is 58.3 Å². The van der Waals surface area contributed by atoms with E-state index in [1.54, 1.807) is 0 Å². The normalized spacial score (nSPS) is 26.0. The zero-order valence-electron chi connectivity index (χ0n) is 14.4. The van der Waals surface area contributed by atoms with Crippen LogP contribution in [0.15, 0.2) is 4.99 Å². The third-order valence-electron chi connectivity index (χ3n) is 5.86. The zero-order chi connectivity index (χ0) is 15.3. The van der Waals surface area contributed by atoms with Crippen molar-refractivity contribution < 1.29 is 0 Å². The van der Waals surface area contributed by atoms with Crippen LogP contribution in [0, 0.1) is 5.41 Å². The van der Waals surface area contributed by atoms with Crippen LogP contribution in [0.4, 0.5) is 0 Å². The molecule has 3 fully saturated rings. The summed E-state index contributed by atoms with van der Waals surface area (Å²) in [5, 5.41) is 3.52. The van der Waals surface area contributed by atoms with E-state index in [1.807, 2.05) is 0 Å². The topological polar surface area (TPSA) is 30.9 Å². The fourth-order valence-electron chi connectivity index (χ4n) is 4.28. The molecule has 1 N–H and O–H groups in total. The van der Waals surface area contributed by atoms with Crippen LogP contribution < -0.4 is 5.32 Å². The lowest BCUT2D eigenvalue weighted by Gasteiger charge is -2.38. The number of hydrogen-bond acceptors (Lipinski definition) is 2. The number of nitrogens with zero attached hydrogens (tertiary/aromatic N) is 3. The first kappa shape index (κ1) is 16.1. The molecule has 1 saturated carbocycles. The predicted octanol–water partition coefficient (Wildman–Crippen LogP) is 2.70. The number of hydrogen-bond donors (Lipinski definition) is 1. The van der Waals surface area contributed by atoms with Crippen LogP contribution in [-0.4, -0.2) is 61.6 Å². The van der Waals surface area contributed by atoms with Gasteiger partial charge in [-0.1, -0.05) is 19.3 Å². The summed E-state index contributed by atoms with van der Waals surface area (Å²) in [6.07, 6.45) is 11.3. The minimum Gasteiger partial charge on any atom is -0.357 e. The second kappa shape index (κ2) is 7.67. The molecule has 4 heteroatoms. The van der Waals surface area contributed by atoms with E-state index in [0.717, 1.165) is 19.6 Å². The van der Waals surface area contributed by atoms with Gasteiger partial charge in [0.1, 0.15) is 0 Å². The molecular formula is C18H34N4. The van der Waals surface area contributed by atoms with Crippen molar-refractivity contribution in [3.8, 4) is 0 Å². The van der Waals surface area contributed by atoms with Gasteiger partial charge in [0.25, 0.3) is 0 Å². The van der Waals surface area contributed by atoms with Gasteiger partial charge in [0.15, 0.2) is 5.96 Å². The lowest BCUT2D eigenvalue weighted by atomic mass is 9.68. The SMILES string of the molecule is CCNC(=NCCN1CCCCCC1)N1CCC2(CCC2)C1. The Morgan fingerprint density at radius 1 is 1.00 bits per heavy atom. The second-order valence-electron chi connectivity index (χ2n) is 7.52. The van der Waals surface area contributed by atoms with Crippen molar-refractivity contribution in [2.75, 3.05) is 45.8 Å². The summed E-state index contributed by atoms with van der Waals surface area (Å²) in [6, 6.07) is 0. The highest BCUT2D eigenvalue weighted by molar-refractivity contribution is 5.80. The Kier molecular flexibility index (Phi) is 5.61. The van der Waals surface area contributed by atoms with Crippen molar-refractivity contribution in [1.29, 1.82) is 0 Å². The third kappa shape index (κ3) is 3.95. The molecule has 1 spiro atoms. The molecule has 4 nitrogen and oxygen atoms in total. The largest absolute Gasteiger partial charge is 0.357 e. The van der Waals surface area contributed by atoms with Gasteiger partial charge in [-0.05, 0) is 57.5 Å². The van der Waals surface area contributed by atoms with Crippen molar-refractivity contribution in [1.82, 2.24) is 15.1 Å². The Balaban J connectivity index is 1.49. The summed E-state index contributed by atoms with van der Waals surface area (Å²) < 4.78 is 0. The molecule has 2 saturated heterocycles. The number of rotatable bonds is 4. The molecular weight excluding hydrogens is 272 g/mol. The molecule has 1 aliphatic carbocycles. The van der Waals surface area contributed by atoms with Gasteiger partial charge in [0.05, 0.1) is 6.54 Å². The zero-order valence-corrected chi connectivity index (χ0v) is 14.4. The van der Waals surface area contributed by atoms with Crippen molar-refractivity contribution in [2.24, 2.45) is 10.4 Å². The Labute approximate surface area is 136 Å². The first-order valence-electron chi connectivity index (χ1n) is 9.57. The first-order valence-corrected chi connectivity index (χ1v) is 9.57. The van der Waals surface area contributed by atoms with Crippen molar-refractivity contribution in [3.05, 3.63) is 0 Å². The fraction of sp³-hybridized carbons (Fsp3) is 0.944.